The van der Waals surface area contributed by atoms with Gasteiger partial charge in [0.1, 0.15) is 5.65 Å². The van der Waals surface area contributed by atoms with Crippen LogP contribution in [0.1, 0.15) is 26.8 Å². The van der Waals surface area contributed by atoms with Crippen molar-refractivity contribution in [2.45, 2.75) is 6.04 Å². The van der Waals surface area contributed by atoms with Crippen LogP contribution in [-0.2, 0) is 14.1 Å². The van der Waals surface area contributed by atoms with Crippen LogP contribution in [0.4, 0.5) is 0 Å². The van der Waals surface area contributed by atoms with E-state index in [1.54, 1.807) is 18.4 Å². The van der Waals surface area contributed by atoms with Crippen LogP contribution >= 0.6 is 11.3 Å². The van der Waals surface area contributed by atoms with Gasteiger partial charge in [0.05, 0.1) is 17.0 Å². The Morgan fingerprint density at radius 3 is 2.52 bits per heavy atom. The summed E-state index contributed by atoms with van der Waals surface area (Å²) >= 11 is 1.55. The highest BCUT2D eigenvalue weighted by molar-refractivity contribution is 7.10. The van der Waals surface area contributed by atoms with Gasteiger partial charge in [-0.15, -0.1) is 11.3 Å². The largest absolute Gasteiger partial charge is 0.340 e. The molecule has 29 heavy (non-hydrogen) atoms. The molecule has 0 fully saturated rings. The summed E-state index contributed by atoms with van der Waals surface area (Å²) in [4.78, 5) is 42.7. The van der Waals surface area contributed by atoms with Crippen molar-refractivity contribution >= 4 is 28.3 Å². The van der Waals surface area contributed by atoms with Gasteiger partial charge in [0.15, 0.2) is 0 Å². The van der Waals surface area contributed by atoms with Crippen molar-refractivity contribution in [3.8, 4) is 0 Å². The molecule has 0 aliphatic carbocycles. The molecule has 0 radical (unpaired) electrons. The van der Waals surface area contributed by atoms with Gasteiger partial charge in [-0.1, -0.05) is 36.4 Å². The van der Waals surface area contributed by atoms with Gasteiger partial charge in [0.2, 0.25) is 0 Å². The predicted octanol–water partition coefficient (Wildman–Crippen LogP) is 2.21. The normalized spacial score (nSPS) is 12.1. The number of thiophene rings is 1. The van der Waals surface area contributed by atoms with Crippen LogP contribution in [0.2, 0.25) is 0 Å². The zero-order valence-electron chi connectivity index (χ0n) is 15.8. The zero-order chi connectivity index (χ0) is 20.5. The van der Waals surface area contributed by atoms with E-state index in [4.69, 9.17) is 0 Å². The molecule has 8 heteroatoms. The van der Waals surface area contributed by atoms with Crippen LogP contribution in [0.5, 0.6) is 0 Å². The molecule has 1 aromatic carbocycles. The van der Waals surface area contributed by atoms with E-state index < -0.39 is 11.2 Å². The predicted molar refractivity (Wildman–Crippen MR) is 112 cm³/mol. The maximum Gasteiger partial charge on any atom is 0.332 e. The van der Waals surface area contributed by atoms with Gasteiger partial charge in [-0.25, -0.2) is 9.78 Å². The number of rotatable bonds is 4. The molecule has 1 atom stereocenters. The molecule has 4 aromatic rings. The summed E-state index contributed by atoms with van der Waals surface area (Å²) < 4.78 is 2.29. The molecule has 1 amide bonds. The van der Waals surface area contributed by atoms with E-state index in [0.29, 0.717) is 0 Å². The van der Waals surface area contributed by atoms with E-state index in [9.17, 15) is 14.4 Å². The third-order valence-corrected chi connectivity index (χ3v) is 5.73. The van der Waals surface area contributed by atoms with Gasteiger partial charge in [0, 0.05) is 25.2 Å². The topological polar surface area (TPSA) is 86.0 Å². The Hall–Kier alpha value is -3.52. The Labute approximate surface area is 169 Å². The summed E-state index contributed by atoms with van der Waals surface area (Å²) in [6.07, 6.45) is 1.38. The lowest BCUT2D eigenvalue weighted by Gasteiger charge is -2.18. The Balaban J connectivity index is 1.75. The second-order valence-corrected chi connectivity index (χ2v) is 7.61. The quantitative estimate of drug-likeness (QED) is 0.563. The minimum absolute atomic E-state index is 0.217. The van der Waals surface area contributed by atoms with E-state index in [1.807, 2.05) is 47.8 Å². The molecule has 0 saturated carbocycles. The molecular formula is C21H18N4O3S. The van der Waals surface area contributed by atoms with Crippen LogP contribution in [-0.4, -0.2) is 20.0 Å². The lowest BCUT2D eigenvalue weighted by molar-refractivity contribution is 0.0943. The molecule has 0 spiro atoms. The van der Waals surface area contributed by atoms with Crippen molar-refractivity contribution in [3.63, 3.8) is 0 Å². The van der Waals surface area contributed by atoms with Crippen molar-refractivity contribution in [2.75, 3.05) is 0 Å². The lowest BCUT2D eigenvalue weighted by atomic mass is 10.0. The molecule has 146 valence electrons. The molecule has 4 rings (SSSR count). The molecular weight excluding hydrogens is 388 g/mol. The molecule has 0 unspecified atom stereocenters. The van der Waals surface area contributed by atoms with E-state index in [1.165, 1.54) is 23.9 Å². The Morgan fingerprint density at radius 2 is 1.83 bits per heavy atom. The number of hydrogen-bond acceptors (Lipinski definition) is 5. The SMILES string of the molecule is Cn1c(=O)c2cc(C(=O)N[C@@H](c3ccccc3)c3cccs3)cnc2n(C)c1=O. The summed E-state index contributed by atoms with van der Waals surface area (Å²) in [7, 11) is 2.94. The van der Waals surface area contributed by atoms with Crippen LogP contribution < -0.4 is 16.6 Å². The second-order valence-electron chi connectivity index (χ2n) is 6.63. The number of aryl methyl sites for hydroxylation is 1. The van der Waals surface area contributed by atoms with Crippen LogP contribution in [0.25, 0.3) is 11.0 Å². The van der Waals surface area contributed by atoms with Gasteiger partial charge in [0.25, 0.3) is 11.5 Å². The lowest BCUT2D eigenvalue weighted by Crippen LogP contribution is -2.37. The number of nitrogens with zero attached hydrogens (tertiary/aromatic N) is 3. The number of carbonyl (C=O) groups excluding carboxylic acids is 1. The van der Waals surface area contributed by atoms with Gasteiger partial charge < -0.3 is 5.32 Å². The summed E-state index contributed by atoms with van der Waals surface area (Å²) in [5.41, 5.74) is 0.505. The number of fused-ring (bicyclic) bond motifs is 1. The van der Waals surface area contributed by atoms with Crippen molar-refractivity contribution in [1.82, 2.24) is 19.4 Å². The number of aromatic nitrogens is 3. The van der Waals surface area contributed by atoms with Gasteiger partial charge in [-0.3, -0.25) is 18.7 Å². The Kier molecular flexibility index (Phi) is 4.85. The molecule has 3 aromatic heterocycles. The van der Waals surface area contributed by atoms with Gasteiger partial charge in [-0.2, -0.15) is 0 Å². The summed E-state index contributed by atoms with van der Waals surface area (Å²) in [6, 6.07) is 14.7. The summed E-state index contributed by atoms with van der Waals surface area (Å²) in [5.74, 6) is -0.349. The average molecular weight is 406 g/mol. The number of benzene rings is 1. The van der Waals surface area contributed by atoms with E-state index in [-0.39, 0.29) is 28.5 Å². The van der Waals surface area contributed by atoms with Crippen molar-refractivity contribution in [3.05, 3.63) is 96.9 Å². The van der Waals surface area contributed by atoms with Gasteiger partial charge >= 0.3 is 5.69 Å². The molecule has 0 bridgehead atoms. The maximum atomic E-state index is 13.0. The molecule has 0 aliphatic heterocycles. The first-order chi connectivity index (χ1) is 14.0. The standard InChI is InChI=1S/C21H18N4O3S/c1-24-18-15(20(27)25(2)21(24)28)11-14(12-22-18)19(26)23-17(16-9-6-10-29-16)13-7-4-3-5-8-13/h3-12,17H,1-2H3,(H,23,26)/t17-/m0/s1. The first-order valence-corrected chi connectivity index (χ1v) is 9.80. The van der Waals surface area contributed by atoms with Crippen LogP contribution in [0.15, 0.2) is 69.7 Å². The number of carbonyl (C=O) groups is 1. The zero-order valence-corrected chi connectivity index (χ0v) is 16.6. The molecule has 0 saturated heterocycles. The summed E-state index contributed by atoms with van der Waals surface area (Å²) in [6.45, 7) is 0. The fraction of sp³-hybridized carbons (Fsp3) is 0.143. The first-order valence-electron chi connectivity index (χ1n) is 8.92. The second kappa shape index (κ2) is 7.48. The maximum absolute atomic E-state index is 13.0. The fourth-order valence-electron chi connectivity index (χ4n) is 3.22. The number of amides is 1. The minimum atomic E-state index is -0.483. The van der Waals surface area contributed by atoms with Crippen molar-refractivity contribution < 1.29 is 4.79 Å². The first kappa shape index (κ1) is 18.8. The highest BCUT2D eigenvalue weighted by atomic mass is 32.1. The van der Waals surface area contributed by atoms with E-state index >= 15 is 0 Å². The highest BCUT2D eigenvalue weighted by Gasteiger charge is 2.20. The van der Waals surface area contributed by atoms with Gasteiger partial charge in [-0.05, 0) is 23.1 Å². The Bertz CT molecular complexity index is 1310. The van der Waals surface area contributed by atoms with Crippen molar-refractivity contribution in [1.29, 1.82) is 0 Å². The van der Waals surface area contributed by atoms with E-state index in [0.717, 1.165) is 15.0 Å². The summed E-state index contributed by atoms with van der Waals surface area (Å²) in [5, 5.41) is 5.21. The monoisotopic (exact) mass is 406 g/mol. The smallest absolute Gasteiger partial charge is 0.332 e. The molecule has 0 aliphatic rings. The van der Waals surface area contributed by atoms with Crippen molar-refractivity contribution in [2.24, 2.45) is 14.1 Å². The average Bonchev–Trinajstić information content (AvgIpc) is 3.29. The third kappa shape index (κ3) is 3.38. The molecule has 3 heterocycles. The number of nitrogens with one attached hydrogen (secondary N) is 1. The Morgan fingerprint density at radius 1 is 1.07 bits per heavy atom. The molecule has 7 nitrogen and oxygen atoms in total. The minimum Gasteiger partial charge on any atom is -0.340 e. The highest BCUT2D eigenvalue weighted by Crippen LogP contribution is 2.26. The number of pyridine rings is 1. The van der Waals surface area contributed by atoms with E-state index in [2.05, 4.69) is 10.3 Å². The third-order valence-electron chi connectivity index (χ3n) is 4.79. The van der Waals surface area contributed by atoms with Crippen LogP contribution in [0.3, 0.4) is 0 Å². The van der Waals surface area contributed by atoms with Crippen LogP contribution in [0, 0.1) is 0 Å². The fourth-order valence-corrected chi connectivity index (χ4v) is 4.03. The molecule has 1 N–H and O–H groups in total. The number of hydrogen-bond donors (Lipinski definition) is 1.